The predicted octanol–water partition coefficient (Wildman–Crippen LogP) is 1.93. The normalized spacial score (nSPS) is 10.5. The molecule has 0 saturated carbocycles. The molecule has 6 nitrogen and oxygen atoms in total. The van der Waals surface area contributed by atoms with Crippen LogP contribution in [0.2, 0.25) is 0 Å². The van der Waals surface area contributed by atoms with Crippen molar-refractivity contribution in [1.82, 2.24) is 14.9 Å². The number of aryl methyl sites for hydroxylation is 2. The molecule has 0 saturated heterocycles. The Labute approximate surface area is 157 Å². The molecular weight excluding hydrogens is 340 g/mol. The van der Waals surface area contributed by atoms with Crippen molar-refractivity contribution >= 4 is 11.9 Å². The summed E-state index contributed by atoms with van der Waals surface area (Å²) in [6.07, 6.45) is 1.39. The molecule has 0 bridgehead atoms. The molecule has 0 fully saturated rings. The SMILES string of the molecule is Nc1nc(CCc2ccccc2)cc(=O)n1CC(=O)NCc1ccccc1. The summed E-state index contributed by atoms with van der Waals surface area (Å²) in [6.45, 7) is 0.250. The summed E-state index contributed by atoms with van der Waals surface area (Å²) in [5.74, 6) is -0.230. The van der Waals surface area contributed by atoms with Crippen molar-refractivity contribution in [1.29, 1.82) is 0 Å². The number of hydrogen-bond acceptors (Lipinski definition) is 4. The number of carbonyl (C=O) groups excluding carboxylic acids is 1. The first-order valence-corrected chi connectivity index (χ1v) is 8.82. The van der Waals surface area contributed by atoms with Crippen molar-refractivity contribution < 1.29 is 4.79 Å². The van der Waals surface area contributed by atoms with E-state index in [0.29, 0.717) is 18.7 Å². The van der Waals surface area contributed by atoms with Gasteiger partial charge in [0.05, 0.1) is 5.69 Å². The van der Waals surface area contributed by atoms with Crippen LogP contribution in [0.4, 0.5) is 5.95 Å². The Balaban J connectivity index is 1.60. The number of benzene rings is 2. The number of nitrogens with zero attached hydrogens (tertiary/aromatic N) is 2. The molecule has 0 aliphatic heterocycles. The Hall–Kier alpha value is -3.41. The highest BCUT2D eigenvalue weighted by Crippen LogP contribution is 2.06. The lowest BCUT2D eigenvalue weighted by atomic mass is 10.1. The van der Waals surface area contributed by atoms with Crippen LogP contribution in [0.5, 0.6) is 0 Å². The number of amides is 1. The lowest BCUT2D eigenvalue weighted by Crippen LogP contribution is -2.34. The summed E-state index contributed by atoms with van der Waals surface area (Å²) in [5, 5.41) is 2.78. The molecule has 1 heterocycles. The monoisotopic (exact) mass is 362 g/mol. The first-order valence-electron chi connectivity index (χ1n) is 8.82. The lowest BCUT2D eigenvalue weighted by molar-refractivity contribution is -0.121. The molecule has 1 amide bonds. The summed E-state index contributed by atoms with van der Waals surface area (Å²) in [5.41, 5.74) is 8.38. The maximum Gasteiger partial charge on any atom is 0.255 e. The summed E-state index contributed by atoms with van der Waals surface area (Å²) in [6, 6.07) is 21.0. The molecule has 138 valence electrons. The van der Waals surface area contributed by atoms with E-state index in [1.165, 1.54) is 16.2 Å². The largest absolute Gasteiger partial charge is 0.369 e. The maximum atomic E-state index is 12.3. The molecule has 1 aromatic heterocycles. The van der Waals surface area contributed by atoms with E-state index in [4.69, 9.17) is 5.73 Å². The van der Waals surface area contributed by atoms with Gasteiger partial charge in [-0.05, 0) is 24.0 Å². The van der Waals surface area contributed by atoms with Gasteiger partial charge < -0.3 is 11.1 Å². The average Bonchev–Trinajstić information content (AvgIpc) is 2.69. The second kappa shape index (κ2) is 8.80. The number of rotatable bonds is 7. The molecule has 3 aromatic rings. The van der Waals surface area contributed by atoms with Gasteiger partial charge in [0.1, 0.15) is 6.54 Å². The van der Waals surface area contributed by atoms with Crippen LogP contribution in [0.25, 0.3) is 0 Å². The van der Waals surface area contributed by atoms with Crippen molar-refractivity contribution in [2.45, 2.75) is 25.9 Å². The van der Waals surface area contributed by atoms with Crippen LogP contribution in [0, 0.1) is 0 Å². The van der Waals surface area contributed by atoms with E-state index in [1.807, 2.05) is 60.7 Å². The highest BCUT2D eigenvalue weighted by atomic mass is 16.2. The smallest absolute Gasteiger partial charge is 0.255 e. The molecule has 0 unspecified atom stereocenters. The topological polar surface area (TPSA) is 90.0 Å². The zero-order valence-corrected chi connectivity index (χ0v) is 15.0. The van der Waals surface area contributed by atoms with Gasteiger partial charge in [-0.25, -0.2) is 4.98 Å². The van der Waals surface area contributed by atoms with E-state index >= 15 is 0 Å². The third kappa shape index (κ3) is 5.28. The quantitative estimate of drug-likeness (QED) is 0.672. The van der Waals surface area contributed by atoms with Crippen molar-refractivity contribution in [3.05, 3.63) is 93.9 Å². The van der Waals surface area contributed by atoms with Gasteiger partial charge in [0.15, 0.2) is 0 Å². The minimum Gasteiger partial charge on any atom is -0.369 e. The van der Waals surface area contributed by atoms with E-state index in [9.17, 15) is 9.59 Å². The first-order chi connectivity index (χ1) is 13.1. The third-order valence-corrected chi connectivity index (χ3v) is 4.24. The number of anilines is 1. The van der Waals surface area contributed by atoms with Gasteiger partial charge in [0, 0.05) is 12.6 Å². The molecule has 0 aliphatic carbocycles. The molecule has 0 radical (unpaired) electrons. The highest BCUT2D eigenvalue weighted by molar-refractivity contribution is 5.76. The summed E-state index contributed by atoms with van der Waals surface area (Å²) >= 11 is 0. The van der Waals surface area contributed by atoms with E-state index in [2.05, 4.69) is 10.3 Å². The number of hydrogen-bond donors (Lipinski definition) is 2. The molecule has 0 atom stereocenters. The maximum absolute atomic E-state index is 12.3. The van der Waals surface area contributed by atoms with Crippen molar-refractivity contribution in [3.8, 4) is 0 Å². The van der Waals surface area contributed by atoms with Gasteiger partial charge in [-0.15, -0.1) is 0 Å². The minimum absolute atomic E-state index is 0.0559. The van der Waals surface area contributed by atoms with Gasteiger partial charge in [-0.2, -0.15) is 0 Å². The third-order valence-electron chi connectivity index (χ3n) is 4.24. The summed E-state index contributed by atoms with van der Waals surface area (Å²) in [7, 11) is 0. The van der Waals surface area contributed by atoms with Crippen molar-refractivity contribution in [2.75, 3.05) is 5.73 Å². The van der Waals surface area contributed by atoms with Gasteiger partial charge in [-0.1, -0.05) is 60.7 Å². The molecule has 6 heteroatoms. The highest BCUT2D eigenvalue weighted by Gasteiger charge is 2.10. The van der Waals surface area contributed by atoms with Crippen LogP contribution in [0.1, 0.15) is 16.8 Å². The van der Waals surface area contributed by atoms with E-state index in [-0.39, 0.29) is 24.0 Å². The molecule has 0 aliphatic rings. The molecule has 27 heavy (non-hydrogen) atoms. The molecule has 0 spiro atoms. The molecular formula is C21H22N4O2. The number of nitrogen functional groups attached to an aromatic ring is 1. The van der Waals surface area contributed by atoms with Crippen LogP contribution in [-0.2, 0) is 30.7 Å². The fourth-order valence-electron chi connectivity index (χ4n) is 2.77. The Morgan fingerprint density at radius 3 is 2.22 bits per heavy atom. The van der Waals surface area contributed by atoms with Crippen LogP contribution >= 0.6 is 0 Å². The van der Waals surface area contributed by atoms with Gasteiger partial charge in [-0.3, -0.25) is 14.2 Å². The second-order valence-electron chi connectivity index (χ2n) is 6.28. The summed E-state index contributed by atoms with van der Waals surface area (Å²) < 4.78 is 1.19. The fraction of sp³-hybridized carbons (Fsp3) is 0.190. The second-order valence-corrected chi connectivity index (χ2v) is 6.28. The average molecular weight is 362 g/mol. The van der Waals surface area contributed by atoms with E-state index in [0.717, 1.165) is 12.0 Å². The predicted molar refractivity (Wildman–Crippen MR) is 105 cm³/mol. The number of nitrogens with two attached hydrogens (primary N) is 1. The minimum atomic E-state index is -0.319. The van der Waals surface area contributed by atoms with E-state index in [1.54, 1.807) is 0 Å². The van der Waals surface area contributed by atoms with Gasteiger partial charge in [0.25, 0.3) is 5.56 Å². The van der Waals surface area contributed by atoms with Gasteiger partial charge >= 0.3 is 0 Å². The number of aromatic nitrogens is 2. The fourth-order valence-corrected chi connectivity index (χ4v) is 2.77. The zero-order chi connectivity index (χ0) is 19.1. The Morgan fingerprint density at radius 2 is 1.59 bits per heavy atom. The molecule has 3 N–H and O–H groups in total. The van der Waals surface area contributed by atoms with Crippen LogP contribution in [0.3, 0.4) is 0 Å². The standard InChI is InChI=1S/C21H22N4O2/c22-21-24-18(12-11-16-7-3-1-4-8-16)13-20(27)25(21)15-19(26)23-14-17-9-5-2-6-10-17/h1-10,13H,11-12,14-15H2,(H2,22,24)(H,23,26). The van der Waals surface area contributed by atoms with Crippen LogP contribution < -0.4 is 16.6 Å². The zero-order valence-electron chi connectivity index (χ0n) is 15.0. The van der Waals surface area contributed by atoms with Crippen molar-refractivity contribution in [2.24, 2.45) is 0 Å². The Kier molecular flexibility index (Phi) is 5.99. The molecule has 2 aromatic carbocycles. The van der Waals surface area contributed by atoms with Crippen LogP contribution in [0.15, 0.2) is 71.5 Å². The van der Waals surface area contributed by atoms with Crippen molar-refractivity contribution in [3.63, 3.8) is 0 Å². The molecule has 3 rings (SSSR count). The van der Waals surface area contributed by atoms with Crippen LogP contribution in [-0.4, -0.2) is 15.5 Å². The Morgan fingerprint density at radius 1 is 0.963 bits per heavy atom. The number of carbonyl (C=O) groups is 1. The van der Waals surface area contributed by atoms with E-state index < -0.39 is 0 Å². The van der Waals surface area contributed by atoms with Gasteiger partial charge in [0.2, 0.25) is 11.9 Å². The Bertz CT molecular complexity index is 953. The lowest BCUT2D eigenvalue weighted by Gasteiger charge is -2.11. The number of nitrogens with one attached hydrogen (secondary N) is 1. The first kappa shape index (κ1) is 18.4. The summed E-state index contributed by atoms with van der Waals surface area (Å²) in [4.78, 5) is 28.8.